The van der Waals surface area contributed by atoms with Crippen molar-refractivity contribution in [3.8, 4) is 5.75 Å². The van der Waals surface area contributed by atoms with Crippen molar-refractivity contribution in [2.45, 2.75) is 24.8 Å². The van der Waals surface area contributed by atoms with E-state index in [0.717, 1.165) is 0 Å². The zero-order valence-electron chi connectivity index (χ0n) is 10.2. The molecule has 0 heterocycles. The van der Waals surface area contributed by atoms with E-state index in [-0.39, 0.29) is 23.5 Å². The van der Waals surface area contributed by atoms with Gasteiger partial charge in [0, 0.05) is 6.04 Å². The predicted molar refractivity (Wildman–Crippen MR) is 66.6 cm³/mol. The second-order valence-corrected chi connectivity index (χ2v) is 5.59. The van der Waals surface area contributed by atoms with Gasteiger partial charge in [-0.3, -0.25) is 4.79 Å². The molecule has 0 saturated carbocycles. The number of nitrogens with one attached hydrogen (secondary N) is 1. The van der Waals surface area contributed by atoms with Crippen LogP contribution in [0, 0.1) is 0 Å². The Morgan fingerprint density at radius 1 is 1.33 bits per heavy atom. The fraction of sp³-hybridized carbons (Fsp3) is 0.364. The van der Waals surface area contributed by atoms with Crippen LogP contribution in [0.5, 0.6) is 5.75 Å². The van der Waals surface area contributed by atoms with Crippen molar-refractivity contribution in [1.82, 2.24) is 5.32 Å². The number of primary sulfonamides is 1. The van der Waals surface area contributed by atoms with Crippen molar-refractivity contribution in [3.63, 3.8) is 0 Å². The number of hydrogen-bond donors (Lipinski definition) is 2. The number of carbonyl (C=O) groups excluding carboxylic acids is 1. The number of nitrogens with two attached hydrogens (primary N) is 1. The Labute approximate surface area is 106 Å². The summed E-state index contributed by atoms with van der Waals surface area (Å²) in [5.41, 5.74) is 0. The lowest BCUT2D eigenvalue weighted by atomic mass is 10.3. The second kappa shape index (κ2) is 5.83. The Kier molecular flexibility index (Phi) is 4.69. The molecule has 0 aliphatic heterocycles. The Hall–Kier alpha value is -1.60. The zero-order valence-corrected chi connectivity index (χ0v) is 11.0. The number of sulfonamides is 1. The van der Waals surface area contributed by atoms with E-state index in [1.165, 1.54) is 24.3 Å². The fourth-order valence-corrected chi connectivity index (χ4v) is 1.75. The lowest BCUT2D eigenvalue weighted by Gasteiger charge is -2.09. The van der Waals surface area contributed by atoms with Crippen molar-refractivity contribution in [1.29, 1.82) is 0 Å². The quantitative estimate of drug-likeness (QED) is 0.802. The van der Waals surface area contributed by atoms with Gasteiger partial charge in [-0.1, -0.05) is 0 Å². The molecule has 3 N–H and O–H groups in total. The summed E-state index contributed by atoms with van der Waals surface area (Å²) < 4.78 is 27.2. The van der Waals surface area contributed by atoms with Crippen molar-refractivity contribution in [3.05, 3.63) is 24.3 Å². The SMILES string of the molecule is CC(C)NC(=O)COc1ccc(S(N)(=O)=O)cc1. The molecule has 0 unspecified atom stereocenters. The van der Waals surface area contributed by atoms with Gasteiger partial charge in [0.1, 0.15) is 5.75 Å². The molecule has 0 radical (unpaired) electrons. The molecule has 0 aromatic heterocycles. The molecule has 0 fully saturated rings. The maximum atomic E-state index is 11.3. The van der Waals surface area contributed by atoms with Crippen LogP contribution in [-0.2, 0) is 14.8 Å². The summed E-state index contributed by atoms with van der Waals surface area (Å²) in [6, 6.07) is 5.59. The van der Waals surface area contributed by atoms with Crippen LogP contribution in [0.1, 0.15) is 13.8 Å². The van der Waals surface area contributed by atoms with Crippen molar-refractivity contribution in [2.24, 2.45) is 5.14 Å². The predicted octanol–water partition coefficient (Wildman–Crippen LogP) is 0.237. The summed E-state index contributed by atoms with van der Waals surface area (Å²) in [5, 5.41) is 7.62. The third-order valence-electron chi connectivity index (χ3n) is 1.97. The highest BCUT2D eigenvalue weighted by Gasteiger charge is 2.08. The molecule has 0 atom stereocenters. The average Bonchev–Trinajstić information content (AvgIpc) is 2.25. The molecular formula is C11H16N2O4S. The first-order chi connectivity index (χ1) is 8.29. The Balaban J connectivity index is 2.57. The summed E-state index contributed by atoms with van der Waals surface area (Å²) in [6.07, 6.45) is 0. The van der Waals surface area contributed by atoms with Crippen molar-refractivity contribution in [2.75, 3.05) is 6.61 Å². The van der Waals surface area contributed by atoms with Crippen LogP contribution < -0.4 is 15.2 Å². The van der Waals surface area contributed by atoms with Crippen LogP contribution in [0.25, 0.3) is 0 Å². The zero-order chi connectivity index (χ0) is 13.8. The van der Waals surface area contributed by atoms with Gasteiger partial charge >= 0.3 is 0 Å². The largest absolute Gasteiger partial charge is 0.484 e. The molecule has 1 amide bonds. The Morgan fingerprint density at radius 2 is 1.89 bits per heavy atom. The molecule has 0 aliphatic rings. The standard InChI is InChI=1S/C11H16N2O4S/c1-8(2)13-11(14)7-17-9-3-5-10(6-4-9)18(12,15)16/h3-6,8H,7H2,1-2H3,(H,13,14)(H2,12,15,16). The molecule has 0 spiro atoms. The molecule has 18 heavy (non-hydrogen) atoms. The van der Waals surface area contributed by atoms with E-state index < -0.39 is 10.0 Å². The first-order valence-corrected chi connectivity index (χ1v) is 6.88. The van der Waals surface area contributed by atoms with Gasteiger partial charge in [-0.15, -0.1) is 0 Å². The molecule has 0 aliphatic carbocycles. The van der Waals surface area contributed by atoms with E-state index in [4.69, 9.17) is 9.88 Å². The number of rotatable bonds is 5. The topological polar surface area (TPSA) is 98.5 Å². The van der Waals surface area contributed by atoms with Crippen LogP contribution in [0.3, 0.4) is 0 Å². The number of benzene rings is 1. The summed E-state index contributed by atoms with van der Waals surface area (Å²) in [4.78, 5) is 11.3. The molecular weight excluding hydrogens is 256 g/mol. The Bertz CT molecular complexity index is 508. The third-order valence-corrected chi connectivity index (χ3v) is 2.90. The minimum atomic E-state index is -3.70. The maximum absolute atomic E-state index is 11.3. The van der Waals surface area contributed by atoms with Crippen LogP contribution >= 0.6 is 0 Å². The smallest absolute Gasteiger partial charge is 0.258 e. The lowest BCUT2D eigenvalue weighted by Crippen LogP contribution is -2.34. The van der Waals surface area contributed by atoms with Gasteiger partial charge in [-0.2, -0.15) is 0 Å². The second-order valence-electron chi connectivity index (χ2n) is 4.03. The average molecular weight is 272 g/mol. The highest BCUT2D eigenvalue weighted by molar-refractivity contribution is 7.89. The van der Waals surface area contributed by atoms with Gasteiger partial charge in [0.15, 0.2) is 6.61 Å². The highest BCUT2D eigenvalue weighted by Crippen LogP contribution is 2.14. The molecule has 6 nitrogen and oxygen atoms in total. The van der Waals surface area contributed by atoms with Gasteiger partial charge in [0.2, 0.25) is 10.0 Å². The van der Waals surface area contributed by atoms with E-state index in [9.17, 15) is 13.2 Å². The maximum Gasteiger partial charge on any atom is 0.258 e. The third kappa shape index (κ3) is 4.72. The molecule has 1 aromatic rings. The van der Waals surface area contributed by atoms with Crippen molar-refractivity contribution >= 4 is 15.9 Å². The normalized spacial score (nSPS) is 11.3. The molecule has 1 aromatic carbocycles. The minimum absolute atomic E-state index is 0.00137. The van der Waals surface area contributed by atoms with Crippen LogP contribution in [-0.4, -0.2) is 27.0 Å². The lowest BCUT2D eigenvalue weighted by molar-refractivity contribution is -0.123. The number of amides is 1. The van der Waals surface area contributed by atoms with E-state index >= 15 is 0 Å². The van der Waals surface area contributed by atoms with Crippen LogP contribution in [0.15, 0.2) is 29.2 Å². The summed E-state index contributed by atoms with van der Waals surface area (Å²) >= 11 is 0. The van der Waals surface area contributed by atoms with Gasteiger partial charge in [-0.25, -0.2) is 13.6 Å². The van der Waals surface area contributed by atoms with Crippen LogP contribution in [0.4, 0.5) is 0 Å². The van der Waals surface area contributed by atoms with E-state index in [1.807, 2.05) is 13.8 Å². The molecule has 0 saturated heterocycles. The summed E-state index contributed by atoms with van der Waals surface area (Å²) in [5.74, 6) is 0.168. The number of carbonyl (C=O) groups is 1. The van der Waals surface area contributed by atoms with Gasteiger partial charge in [-0.05, 0) is 38.1 Å². The summed E-state index contributed by atoms with van der Waals surface area (Å²) in [7, 11) is -3.70. The molecule has 1 rings (SSSR count). The fourth-order valence-electron chi connectivity index (χ4n) is 1.24. The van der Waals surface area contributed by atoms with Gasteiger partial charge in [0.25, 0.3) is 5.91 Å². The first kappa shape index (κ1) is 14.5. The van der Waals surface area contributed by atoms with E-state index in [0.29, 0.717) is 5.75 Å². The number of ether oxygens (including phenoxy) is 1. The van der Waals surface area contributed by atoms with Gasteiger partial charge in [0.05, 0.1) is 4.90 Å². The summed E-state index contributed by atoms with van der Waals surface area (Å²) in [6.45, 7) is 3.57. The van der Waals surface area contributed by atoms with E-state index in [1.54, 1.807) is 0 Å². The monoisotopic (exact) mass is 272 g/mol. The van der Waals surface area contributed by atoms with Crippen molar-refractivity contribution < 1.29 is 17.9 Å². The number of hydrogen-bond acceptors (Lipinski definition) is 4. The van der Waals surface area contributed by atoms with E-state index in [2.05, 4.69) is 5.32 Å². The first-order valence-electron chi connectivity index (χ1n) is 5.34. The van der Waals surface area contributed by atoms with Crippen LogP contribution in [0.2, 0.25) is 0 Å². The minimum Gasteiger partial charge on any atom is -0.484 e. The highest BCUT2D eigenvalue weighted by atomic mass is 32.2. The Morgan fingerprint density at radius 3 is 2.33 bits per heavy atom. The molecule has 100 valence electrons. The molecule has 7 heteroatoms. The molecule has 0 bridgehead atoms. The van der Waals surface area contributed by atoms with Gasteiger partial charge < -0.3 is 10.1 Å².